The zero-order chi connectivity index (χ0) is 13.4. The molecule has 0 radical (unpaired) electrons. The van der Waals surface area contributed by atoms with Gasteiger partial charge in [-0.25, -0.2) is 0 Å². The summed E-state index contributed by atoms with van der Waals surface area (Å²) in [7, 11) is -0.326. The van der Waals surface area contributed by atoms with Crippen molar-refractivity contribution in [1.29, 1.82) is 0 Å². The molecule has 3 rings (SSSR count). The summed E-state index contributed by atoms with van der Waals surface area (Å²) in [6.07, 6.45) is 2.09. The van der Waals surface area contributed by atoms with Crippen LogP contribution in [0.1, 0.15) is 37.5 Å². The summed E-state index contributed by atoms with van der Waals surface area (Å²) >= 11 is 0. The predicted octanol–water partition coefficient (Wildman–Crippen LogP) is 1.16. The second-order valence-electron chi connectivity index (χ2n) is 5.25. The van der Waals surface area contributed by atoms with Crippen molar-refractivity contribution in [3.63, 3.8) is 0 Å². The molecule has 0 aliphatic carbocycles. The molecule has 102 valence electrons. The van der Waals surface area contributed by atoms with Gasteiger partial charge in [0.25, 0.3) is 0 Å². The molecule has 4 nitrogen and oxygen atoms in total. The second-order valence-corrected chi connectivity index (χ2v) is 5.25. The monoisotopic (exact) mass is 261 g/mol. The second kappa shape index (κ2) is 5.15. The van der Waals surface area contributed by atoms with E-state index in [4.69, 9.17) is 19.8 Å². The molecule has 5 heteroatoms. The van der Waals surface area contributed by atoms with Gasteiger partial charge in [-0.1, -0.05) is 19.4 Å². The number of aryl methyl sites for hydroxylation is 1. The van der Waals surface area contributed by atoms with Crippen molar-refractivity contribution in [3.8, 4) is 5.75 Å². The van der Waals surface area contributed by atoms with Crippen LogP contribution in [-0.4, -0.2) is 26.4 Å². The number of benzene rings is 1. The van der Waals surface area contributed by atoms with Crippen LogP contribution in [0.2, 0.25) is 0 Å². The molecule has 0 fully saturated rings. The zero-order valence-electron chi connectivity index (χ0n) is 11.5. The third kappa shape index (κ3) is 2.16. The molecule has 0 aromatic heterocycles. The highest BCUT2D eigenvalue weighted by molar-refractivity contribution is 6.64. The average molecular weight is 261 g/mol. The quantitative estimate of drug-likeness (QED) is 0.829. The third-order valence-corrected chi connectivity index (χ3v) is 3.75. The first-order chi connectivity index (χ1) is 9.24. The van der Waals surface area contributed by atoms with Crippen LogP contribution < -0.4 is 15.9 Å². The van der Waals surface area contributed by atoms with Crippen molar-refractivity contribution < 1.29 is 14.0 Å². The predicted molar refractivity (Wildman–Crippen MR) is 74.7 cm³/mol. The summed E-state index contributed by atoms with van der Waals surface area (Å²) in [4.78, 5) is 0. The van der Waals surface area contributed by atoms with Crippen LogP contribution >= 0.6 is 0 Å². The van der Waals surface area contributed by atoms with Gasteiger partial charge in [0, 0.05) is 12.0 Å². The number of hydrogen-bond acceptors (Lipinski definition) is 4. The number of hydrogen-bond donors (Lipinski definition) is 1. The molecule has 0 spiro atoms. The maximum atomic E-state index is 5.97. The largest absolute Gasteiger partial charge is 0.498 e. The highest BCUT2D eigenvalue weighted by Gasteiger charge is 2.43. The van der Waals surface area contributed by atoms with E-state index in [1.54, 1.807) is 0 Å². The van der Waals surface area contributed by atoms with Crippen molar-refractivity contribution in [2.45, 2.75) is 38.9 Å². The summed E-state index contributed by atoms with van der Waals surface area (Å²) in [5.41, 5.74) is 9.42. The van der Waals surface area contributed by atoms with Crippen LogP contribution in [0.15, 0.2) is 12.1 Å². The Morgan fingerprint density at radius 3 is 2.95 bits per heavy atom. The van der Waals surface area contributed by atoms with Crippen LogP contribution in [0.5, 0.6) is 5.75 Å². The molecule has 19 heavy (non-hydrogen) atoms. The van der Waals surface area contributed by atoms with Gasteiger partial charge in [0.05, 0.1) is 12.2 Å². The van der Waals surface area contributed by atoms with E-state index in [2.05, 4.69) is 13.0 Å². The van der Waals surface area contributed by atoms with E-state index < -0.39 is 0 Å². The molecule has 0 bridgehead atoms. The molecule has 0 saturated carbocycles. The van der Waals surface area contributed by atoms with Crippen LogP contribution in [0.4, 0.5) is 0 Å². The molecule has 1 aromatic carbocycles. The van der Waals surface area contributed by atoms with E-state index in [0.29, 0.717) is 13.2 Å². The third-order valence-electron chi connectivity index (χ3n) is 3.75. The smallest absolute Gasteiger partial charge is 0.491 e. The van der Waals surface area contributed by atoms with Crippen molar-refractivity contribution in [2.24, 2.45) is 5.73 Å². The maximum absolute atomic E-state index is 5.97. The summed E-state index contributed by atoms with van der Waals surface area (Å²) in [5, 5.41) is 0. The van der Waals surface area contributed by atoms with Gasteiger partial charge >= 0.3 is 7.12 Å². The Balaban J connectivity index is 2.10. The first-order valence-corrected chi connectivity index (χ1v) is 7.04. The van der Waals surface area contributed by atoms with Gasteiger partial charge in [0.2, 0.25) is 0 Å². The summed E-state index contributed by atoms with van der Waals surface area (Å²) in [6, 6.07) is 4.18. The highest BCUT2D eigenvalue weighted by atomic mass is 16.6. The van der Waals surface area contributed by atoms with Crippen LogP contribution in [-0.2, 0) is 15.7 Å². The first-order valence-electron chi connectivity index (χ1n) is 7.04. The lowest BCUT2D eigenvalue weighted by Crippen LogP contribution is -2.34. The van der Waals surface area contributed by atoms with E-state index in [0.717, 1.165) is 24.1 Å². The minimum Gasteiger partial charge on any atom is -0.491 e. The summed E-state index contributed by atoms with van der Waals surface area (Å²) in [6.45, 7) is 5.21. The molecule has 1 unspecified atom stereocenters. The molecule has 2 N–H and O–H groups in total. The number of ether oxygens (including phenoxy) is 1. The van der Waals surface area contributed by atoms with Gasteiger partial charge in [0.15, 0.2) is 0 Å². The number of rotatable bonds is 3. The van der Waals surface area contributed by atoms with E-state index in [9.17, 15) is 0 Å². The number of nitrogens with two attached hydrogens (primary N) is 1. The van der Waals surface area contributed by atoms with Gasteiger partial charge in [-0.05, 0) is 30.5 Å². The van der Waals surface area contributed by atoms with Crippen molar-refractivity contribution >= 4 is 12.6 Å². The molecule has 0 amide bonds. The topological polar surface area (TPSA) is 53.7 Å². The Morgan fingerprint density at radius 2 is 2.21 bits per heavy atom. The Labute approximate surface area is 114 Å². The van der Waals surface area contributed by atoms with Gasteiger partial charge in [-0.2, -0.15) is 0 Å². The van der Waals surface area contributed by atoms with Gasteiger partial charge in [-0.3, -0.25) is 0 Å². The van der Waals surface area contributed by atoms with E-state index in [1.807, 2.05) is 13.0 Å². The molecule has 2 heterocycles. The molecule has 2 aliphatic rings. The minimum atomic E-state index is -0.326. The molecule has 2 aliphatic heterocycles. The average Bonchev–Trinajstić information content (AvgIpc) is 2.69. The molecular weight excluding hydrogens is 241 g/mol. The molecule has 0 saturated heterocycles. The first kappa shape index (κ1) is 13.0. The van der Waals surface area contributed by atoms with Gasteiger partial charge in [-0.15, -0.1) is 0 Å². The maximum Gasteiger partial charge on any atom is 0.498 e. The van der Waals surface area contributed by atoms with Gasteiger partial charge < -0.3 is 19.8 Å². The highest BCUT2D eigenvalue weighted by Crippen LogP contribution is 2.33. The standard InChI is InChI=1S/C14H20BNO3/c1-3-4-10-5-6-11-14-13(10)12(7-16)19-15(14)18-9(2)8-17-11/h5-6,9,12H,3-4,7-8,16H2,1-2H3/t9?,12-/m1/s1. The summed E-state index contributed by atoms with van der Waals surface area (Å²) < 4.78 is 17.7. The Bertz CT molecular complexity index is 480. The van der Waals surface area contributed by atoms with Crippen molar-refractivity contribution in [2.75, 3.05) is 13.2 Å². The lowest BCUT2D eigenvalue weighted by atomic mass is 9.76. The van der Waals surface area contributed by atoms with E-state index >= 15 is 0 Å². The lowest BCUT2D eigenvalue weighted by Gasteiger charge is -2.17. The normalized spacial score (nSPS) is 24.9. The van der Waals surface area contributed by atoms with Crippen LogP contribution in [0, 0.1) is 0 Å². The minimum absolute atomic E-state index is 0.0244. The Kier molecular flexibility index (Phi) is 3.52. The van der Waals surface area contributed by atoms with E-state index in [1.165, 1.54) is 11.1 Å². The zero-order valence-corrected chi connectivity index (χ0v) is 11.5. The summed E-state index contributed by atoms with van der Waals surface area (Å²) in [5.74, 6) is 0.889. The SMILES string of the molecule is CCCc1ccc2c3c1[C@@H](CN)OB3OC(C)CO2. The van der Waals surface area contributed by atoms with Crippen LogP contribution in [0.3, 0.4) is 0 Å². The fourth-order valence-electron chi connectivity index (χ4n) is 2.91. The Hall–Kier alpha value is -1.04. The van der Waals surface area contributed by atoms with Crippen molar-refractivity contribution in [1.82, 2.24) is 0 Å². The fraction of sp³-hybridized carbons (Fsp3) is 0.571. The Morgan fingerprint density at radius 1 is 1.37 bits per heavy atom. The lowest BCUT2D eigenvalue weighted by molar-refractivity contribution is 0.101. The molecular formula is C14H20BNO3. The molecule has 2 atom stereocenters. The fourth-order valence-corrected chi connectivity index (χ4v) is 2.91. The van der Waals surface area contributed by atoms with E-state index in [-0.39, 0.29) is 19.3 Å². The molecule has 1 aromatic rings. The van der Waals surface area contributed by atoms with Gasteiger partial charge in [0.1, 0.15) is 12.4 Å². The van der Waals surface area contributed by atoms with Crippen LogP contribution in [0.25, 0.3) is 0 Å². The van der Waals surface area contributed by atoms with Crippen molar-refractivity contribution in [3.05, 3.63) is 23.3 Å².